The second-order valence-corrected chi connectivity index (χ2v) is 6.99. The number of aryl methyl sites for hydroxylation is 3. The van der Waals surface area contributed by atoms with Gasteiger partial charge in [0.2, 0.25) is 5.89 Å². The molecule has 0 aliphatic carbocycles. The van der Waals surface area contributed by atoms with Crippen LogP contribution in [0.15, 0.2) is 31.9 Å². The summed E-state index contributed by atoms with van der Waals surface area (Å²) in [5.41, 5.74) is 1.74. The van der Waals surface area contributed by atoms with E-state index >= 15 is 0 Å². The van der Waals surface area contributed by atoms with Gasteiger partial charge in [-0.3, -0.25) is 4.79 Å². The summed E-state index contributed by atoms with van der Waals surface area (Å²) in [5.74, 6) is 1.26. The first kappa shape index (κ1) is 20.6. The number of benzene rings is 1. The van der Waals surface area contributed by atoms with Crippen LogP contribution in [0.2, 0.25) is 0 Å². The summed E-state index contributed by atoms with van der Waals surface area (Å²) in [6.45, 7) is 7.64. The zero-order chi connectivity index (χ0) is 21.1. The number of likely N-dealkylation sites (N-methyl/N-ethyl adjacent to an activating group) is 1. The van der Waals surface area contributed by atoms with E-state index in [1.165, 1.54) is 11.0 Å². The van der Waals surface area contributed by atoms with Gasteiger partial charge in [-0.05, 0) is 43.5 Å². The maximum Gasteiger partial charge on any atom is 0.336 e. The highest BCUT2D eigenvalue weighted by molar-refractivity contribution is 5.88. The molecule has 3 rings (SSSR count). The fourth-order valence-electron chi connectivity index (χ4n) is 3.17. The molecular formula is C21H25N3O5. The van der Waals surface area contributed by atoms with Gasteiger partial charge in [0, 0.05) is 19.5 Å². The van der Waals surface area contributed by atoms with E-state index in [1.54, 1.807) is 20.0 Å². The van der Waals surface area contributed by atoms with Crippen LogP contribution in [0, 0.1) is 6.92 Å². The Balaban J connectivity index is 1.84. The molecule has 0 N–H and O–H groups in total. The molecule has 1 unspecified atom stereocenters. The van der Waals surface area contributed by atoms with E-state index in [1.807, 2.05) is 26.8 Å². The molecule has 0 aliphatic heterocycles. The van der Waals surface area contributed by atoms with Gasteiger partial charge in [-0.1, -0.05) is 19.0 Å². The van der Waals surface area contributed by atoms with Crippen molar-refractivity contribution in [1.82, 2.24) is 15.0 Å². The van der Waals surface area contributed by atoms with Gasteiger partial charge in [0.25, 0.3) is 5.91 Å². The number of fused-ring (bicyclic) bond motifs is 1. The Hall–Kier alpha value is -3.16. The smallest absolute Gasteiger partial charge is 0.336 e. The minimum Gasteiger partial charge on any atom is -0.480 e. The maximum absolute atomic E-state index is 12.8. The molecular weight excluding hydrogens is 374 g/mol. The van der Waals surface area contributed by atoms with Crippen molar-refractivity contribution in [3.63, 3.8) is 0 Å². The van der Waals surface area contributed by atoms with Crippen LogP contribution in [0.25, 0.3) is 11.0 Å². The number of carbonyl (C=O) groups excluding carboxylic acids is 1. The van der Waals surface area contributed by atoms with Crippen LogP contribution in [0.4, 0.5) is 0 Å². The Morgan fingerprint density at radius 3 is 2.66 bits per heavy atom. The molecule has 0 bridgehead atoms. The molecule has 8 heteroatoms. The average Bonchev–Trinajstić information content (AvgIpc) is 3.13. The lowest BCUT2D eigenvalue weighted by Crippen LogP contribution is -2.37. The summed E-state index contributed by atoms with van der Waals surface area (Å²) in [4.78, 5) is 30.3. The number of aromatic nitrogens is 2. The molecule has 0 saturated carbocycles. The Bertz CT molecular complexity index is 1090. The highest BCUT2D eigenvalue weighted by Crippen LogP contribution is 2.31. The molecule has 29 heavy (non-hydrogen) atoms. The fourth-order valence-corrected chi connectivity index (χ4v) is 3.17. The molecule has 0 radical (unpaired) electrons. The first-order valence-corrected chi connectivity index (χ1v) is 9.62. The third kappa shape index (κ3) is 4.47. The van der Waals surface area contributed by atoms with E-state index in [0.29, 0.717) is 41.3 Å². The van der Waals surface area contributed by atoms with Gasteiger partial charge in [0.1, 0.15) is 11.3 Å². The Kier molecular flexibility index (Phi) is 6.00. The molecule has 0 fully saturated rings. The van der Waals surface area contributed by atoms with E-state index in [9.17, 15) is 9.59 Å². The lowest BCUT2D eigenvalue weighted by molar-refractivity contribution is -0.137. The standard InChI is InChI=1S/C21H25N3O5/c1-6-14-10-19(25)28-16-9-12(3)8-15(20(14)16)27-13(4)21(26)24(5)11-18-22-17(7-2)23-29-18/h8-10,13H,6-7,11H2,1-5H3. The second-order valence-electron chi connectivity index (χ2n) is 6.99. The summed E-state index contributed by atoms with van der Waals surface area (Å²) in [6.07, 6.45) is 0.549. The summed E-state index contributed by atoms with van der Waals surface area (Å²) < 4.78 is 16.5. The van der Waals surface area contributed by atoms with Gasteiger partial charge < -0.3 is 18.6 Å². The molecule has 3 aromatic rings. The van der Waals surface area contributed by atoms with Gasteiger partial charge in [-0.2, -0.15) is 4.98 Å². The Morgan fingerprint density at radius 2 is 2.00 bits per heavy atom. The first-order chi connectivity index (χ1) is 13.8. The van der Waals surface area contributed by atoms with Crippen LogP contribution in [-0.2, 0) is 24.2 Å². The third-order valence-corrected chi connectivity index (χ3v) is 4.64. The van der Waals surface area contributed by atoms with Crippen molar-refractivity contribution in [3.05, 3.63) is 51.5 Å². The number of hydrogen-bond donors (Lipinski definition) is 0. The molecule has 1 amide bonds. The van der Waals surface area contributed by atoms with Crippen LogP contribution >= 0.6 is 0 Å². The van der Waals surface area contributed by atoms with E-state index < -0.39 is 11.7 Å². The van der Waals surface area contributed by atoms with Crippen LogP contribution in [0.5, 0.6) is 5.75 Å². The Morgan fingerprint density at radius 1 is 1.24 bits per heavy atom. The van der Waals surface area contributed by atoms with Crippen molar-refractivity contribution in [1.29, 1.82) is 0 Å². The number of rotatable bonds is 7. The zero-order valence-electron chi connectivity index (χ0n) is 17.3. The summed E-state index contributed by atoms with van der Waals surface area (Å²) in [5, 5.41) is 4.55. The quantitative estimate of drug-likeness (QED) is 0.563. The van der Waals surface area contributed by atoms with Crippen molar-refractivity contribution in [2.45, 2.75) is 53.2 Å². The number of hydrogen-bond acceptors (Lipinski definition) is 7. The van der Waals surface area contributed by atoms with E-state index in [0.717, 1.165) is 11.1 Å². The topological polar surface area (TPSA) is 98.7 Å². The first-order valence-electron chi connectivity index (χ1n) is 9.62. The van der Waals surface area contributed by atoms with Crippen LogP contribution in [-0.4, -0.2) is 34.1 Å². The highest BCUT2D eigenvalue weighted by Gasteiger charge is 2.23. The molecule has 2 aromatic heterocycles. The normalized spacial score (nSPS) is 12.2. The molecule has 0 saturated heterocycles. The van der Waals surface area contributed by atoms with Gasteiger partial charge in [0.05, 0.1) is 11.9 Å². The second kappa shape index (κ2) is 8.46. The SMILES string of the molecule is CCc1noc(CN(C)C(=O)C(C)Oc2cc(C)cc3oc(=O)cc(CC)c23)n1. The average molecular weight is 399 g/mol. The van der Waals surface area contributed by atoms with Crippen molar-refractivity contribution in [3.8, 4) is 5.75 Å². The van der Waals surface area contributed by atoms with Gasteiger partial charge >= 0.3 is 5.63 Å². The molecule has 154 valence electrons. The summed E-state index contributed by atoms with van der Waals surface area (Å²) in [7, 11) is 1.66. The van der Waals surface area contributed by atoms with Gasteiger partial charge in [-0.25, -0.2) is 4.79 Å². The molecule has 0 aliphatic rings. The molecule has 8 nitrogen and oxygen atoms in total. The predicted molar refractivity (Wildman–Crippen MR) is 107 cm³/mol. The number of ether oxygens (including phenoxy) is 1. The van der Waals surface area contributed by atoms with E-state index in [4.69, 9.17) is 13.7 Å². The van der Waals surface area contributed by atoms with Crippen LogP contribution in [0.3, 0.4) is 0 Å². The zero-order valence-corrected chi connectivity index (χ0v) is 17.3. The summed E-state index contributed by atoms with van der Waals surface area (Å²) >= 11 is 0. The summed E-state index contributed by atoms with van der Waals surface area (Å²) in [6, 6.07) is 5.10. The van der Waals surface area contributed by atoms with Crippen molar-refractivity contribution in [2.75, 3.05) is 7.05 Å². The number of carbonyl (C=O) groups is 1. The lowest BCUT2D eigenvalue weighted by atomic mass is 10.0. The fraction of sp³-hybridized carbons (Fsp3) is 0.429. The maximum atomic E-state index is 12.8. The molecule has 1 aromatic carbocycles. The van der Waals surface area contributed by atoms with E-state index in [-0.39, 0.29) is 12.5 Å². The number of nitrogens with zero attached hydrogens (tertiary/aromatic N) is 3. The van der Waals surface area contributed by atoms with Crippen molar-refractivity contribution >= 4 is 16.9 Å². The van der Waals surface area contributed by atoms with Crippen molar-refractivity contribution in [2.24, 2.45) is 0 Å². The monoisotopic (exact) mass is 399 g/mol. The lowest BCUT2D eigenvalue weighted by Gasteiger charge is -2.22. The third-order valence-electron chi connectivity index (χ3n) is 4.64. The predicted octanol–water partition coefficient (Wildman–Crippen LogP) is 3.04. The molecule has 0 spiro atoms. The van der Waals surface area contributed by atoms with Gasteiger partial charge in [0.15, 0.2) is 11.9 Å². The Labute approximate surface area is 168 Å². The largest absolute Gasteiger partial charge is 0.480 e. The van der Waals surface area contributed by atoms with Crippen LogP contribution in [0.1, 0.15) is 43.6 Å². The van der Waals surface area contributed by atoms with Crippen LogP contribution < -0.4 is 10.4 Å². The molecule has 2 heterocycles. The molecule has 1 atom stereocenters. The van der Waals surface area contributed by atoms with E-state index in [2.05, 4.69) is 10.1 Å². The van der Waals surface area contributed by atoms with Crippen molar-refractivity contribution < 1.29 is 18.5 Å². The highest BCUT2D eigenvalue weighted by atomic mass is 16.5. The van der Waals surface area contributed by atoms with Gasteiger partial charge in [-0.15, -0.1) is 0 Å². The number of amides is 1. The minimum atomic E-state index is -0.754. The minimum absolute atomic E-state index is 0.198.